The summed E-state index contributed by atoms with van der Waals surface area (Å²) < 4.78 is 18.9. The number of carbonyl (C=O) groups is 1. The minimum atomic E-state index is -0.729. The molecule has 2 heterocycles. The summed E-state index contributed by atoms with van der Waals surface area (Å²) in [4.78, 5) is 22.1. The number of amidine groups is 1. The van der Waals surface area contributed by atoms with Gasteiger partial charge in [-0.2, -0.15) is 0 Å². The predicted octanol–water partition coefficient (Wildman–Crippen LogP) is 4.36. The number of ether oxygens (including phenoxy) is 1. The zero-order chi connectivity index (χ0) is 22.0. The second-order valence-corrected chi connectivity index (χ2v) is 9.09. The van der Waals surface area contributed by atoms with Crippen molar-refractivity contribution in [3.05, 3.63) is 62.5 Å². The number of halogens is 2. The second-order valence-electron chi connectivity index (χ2n) is 7.79. The Bertz CT molecular complexity index is 1020. The Balaban J connectivity index is 1.86. The van der Waals surface area contributed by atoms with E-state index in [1.54, 1.807) is 12.3 Å². The Labute approximate surface area is 189 Å². The van der Waals surface area contributed by atoms with Gasteiger partial charge in [0.25, 0.3) is 0 Å². The summed E-state index contributed by atoms with van der Waals surface area (Å²) in [7, 11) is 1.35. The van der Waals surface area contributed by atoms with Crippen molar-refractivity contribution in [2.24, 2.45) is 16.6 Å². The summed E-state index contributed by atoms with van der Waals surface area (Å²) in [6.07, 6.45) is 6.24. The first kappa shape index (κ1) is 21.9. The van der Waals surface area contributed by atoms with Crippen molar-refractivity contribution in [3.8, 4) is 0 Å². The number of hydrogen-bond donors (Lipinski definition) is 2. The van der Waals surface area contributed by atoms with Gasteiger partial charge in [-0.05, 0) is 43.7 Å². The number of allylic oxidation sites excluding steroid dienone is 1. The number of methoxy groups -OCH3 is 1. The molecule has 0 spiro atoms. The first-order valence-electron chi connectivity index (χ1n) is 10.3. The number of nitrogens with one attached hydrogen (secondary N) is 1. The summed E-state index contributed by atoms with van der Waals surface area (Å²) >= 11 is 7.84. The number of aromatic nitrogens is 1. The fourth-order valence-corrected chi connectivity index (χ4v) is 5.10. The van der Waals surface area contributed by atoms with E-state index in [4.69, 9.17) is 27.1 Å². The third-order valence-corrected chi connectivity index (χ3v) is 6.90. The van der Waals surface area contributed by atoms with Crippen LogP contribution >= 0.6 is 22.9 Å². The molecule has 6 nitrogen and oxygen atoms in total. The molecule has 1 saturated carbocycles. The topological polar surface area (TPSA) is 89.6 Å². The number of aliphatic imine (C=N–C) groups is 1. The highest BCUT2D eigenvalue weighted by Crippen LogP contribution is 2.40. The summed E-state index contributed by atoms with van der Waals surface area (Å²) in [5, 5.41) is 6.16. The number of hydrogen-bond acceptors (Lipinski definition) is 7. The quantitative estimate of drug-likeness (QED) is 0.520. The maximum atomic E-state index is 13.7. The Kier molecular flexibility index (Phi) is 6.69. The molecule has 1 fully saturated rings. The summed E-state index contributed by atoms with van der Waals surface area (Å²) in [5.74, 6) is -0.275. The van der Waals surface area contributed by atoms with Gasteiger partial charge < -0.3 is 15.8 Å². The molecule has 31 heavy (non-hydrogen) atoms. The number of nitrogens with zero attached hydrogens (tertiary/aromatic N) is 2. The van der Waals surface area contributed by atoms with Crippen LogP contribution in [-0.4, -0.2) is 29.9 Å². The highest BCUT2D eigenvalue weighted by Gasteiger charge is 2.36. The Morgan fingerprint density at radius 2 is 2.16 bits per heavy atom. The highest BCUT2D eigenvalue weighted by atomic mass is 35.5. The summed E-state index contributed by atoms with van der Waals surface area (Å²) in [6.45, 7) is 0. The van der Waals surface area contributed by atoms with Crippen molar-refractivity contribution in [3.63, 3.8) is 0 Å². The fraction of sp³-hybridized carbons (Fsp3) is 0.409. The molecule has 3 unspecified atom stereocenters. The van der Waals surface area contributed by atoms with Crippen molar-refractivity contribution >= 4 is 34.7 Å². The van der Waals surface area contributed by atoms with Crippen LogP contribution in [0.15, 0.2) is 46.0 Å². The minimum absolute atomic E-state index is 0.0924. The first-order chi connectivity index (χ1) is 15.0. The monoisotopic (exact) mass is 462 g/mol. The molecule has 9 heteroatoms. The molecule has 0 bridgehead atoms. The molecule has 3 atom stereocenters. The number of rotatable bonds is 4. The summed E-state index contributed by atoms with van der Waals surface area (Å²) in [6, 6.07) is 3.55. The van der Waals surface area contributed by atoms with Crippen LogP contribution in [0.25, 0.3) is 0 Å². The van der Waals surface area contributed by atoms with Crippen molar-refractivity contribution in [1.29, 1.82) is 0 Å². The van der Waals surface area contributed by atoms with E-state index in [1.165, 1.54) is 30.6 Å². The van der Waals surface area contributed by atoms with Gasteiger partial charge in [0.2, 0.25) is 0 Å². The first-order valence-corrected chi connectivity index (χ1v) is 11.5. The van der Waals surface area contributed by atoms with Crippen LogP contribution in [0.2, 0.25) is 5.02 Å². The molecule has 2 aromatic rings. The van der Waals surface area contributed by atoms with E-state index in [-0.39, 0.29) is 17.0 Å². The molecule has 0 saturated heterocycles. The molecular formula is C22H24ClFN4O2S. The molecule has 0 amide bonds. The molecular weight excluding hydrogens is 439 g/mol. The molecule has 1 aliphatic heterocycles. The van der Waals surface area contributed by atoms with Gasteiger partial charge >= 0.3 is 5.97 Å². The lowest BCUT2D eigenvalue weighted by Gasteiger charge is -2.31. The number of nitrogens with two attached hydrogens (primary N) is 1. The van der Waals surface area contributed by atoms with Gasteiger partial charge in [-0.3, -0.25) is 4.99 Å². The van der Waals surface area contributed by atoms with Crippen molar-refractivity contribution < 1.29 is 13.9 Å². The van der Waals surface area contributed by atoms with Gasteiger partial charge in [-0.15, -0.1) is 11.3 Å². The van der Waals surface area contributed by atoms with Crippen LogP contribution in [-0.2, 0) is 9.53 Å². The maximum absolute atomic E-state index is 13.7. The van der Waals surface area contributed by atoms with Gasteiger partial charge in [0.1, 0.15) is 11.9 Å². The number of esters is 1. The average Bonchev–Trinajstić information content (AvgIpc) is 3.21. The van der Waals surface area contributed by atoms with E-state index in [2.05, 4.69) is 10.3 Å². The largest absolute Gasteiger partial charge is 0.466 e. The highest BCUT2D eigenvalue weighted by molar-refractivity contribution is 7.11. The zero-order valence-electron chi connectivity index (χ0n) is 17.1. The lowest BCUT2D eigenvalue weighted by atomic mass is 9.87. The fourth-order valence-electron chi connectivity index (χ4n) is 4.24. The SMILES string of the molecule is COC(=O)C1=C(C2CCCC(N)CC2)NC(c2nccs2)=NC1c1ccc(F)cc1Cl. The molecule has 1 aliphatic carbocycles. The van der Waals surface area contributed by atoms with E-state index < -0.39 is 17.8 Å². The molecule has 1 aromatic heterocycles. The number of carbonyl (C=O) groups excluding carboxylic acids is 1. The van der Waals surface area contributed by atoms with Gasteiger partial charge in [-0.1, -0.05) is 24.1 Å². The Morgan fingerprint density at radius 3 is 2.87 bits per heavy atom. The van der Waals surface area contributed by atoms with Gasteiger partial charge in [0.05, 0.1) is 12.7 Å². The van der Waals surface area contributed by atoms with Gasteiger partial charge in [0.15, 0.2) is 10.8 Å². The number of thiazole rings is 1. The Morgan fingerprint density at radius 1 is 1.32 bits per heavy atom. The predicted molar refractivity (Wildman–Crippen MR) is 120 cm³/mol. The zero-order valence-corrected chi connectivity index (χ0v) is 18.7. The van der Waals surface area contributed by atoms with Crippen molar-refractivity contribution in [2.45, 2.75) is 44.2 Å². The maximum Gasteiger partial charge on any atom is 0.338 e. The van der Waals surface area contributed by atoms with Crippen LogP contribution < -0.4 is 11.1 Å². The molecule has 0 radical (unpaired) electrons. The van der Waals surface area contributed by atoms with Crippen LogP contribution in [0.1, 0.15) is 48.7 Å². The minimum Gasteiger partial charge on any atom is -0.466 e. The van der Waals surface area contributed by atoms with E-state index in [1.807, 2.05) is 5.38 Å². The Hall–Kier alpha value is -2.29. The van der Waals surface area contributed by atoms with Crippen LogP contribution in [0.4, 0.5) is 4.39 Å². The third-order valence-electron chi connectivity index (χ3n) is 5.79. The molecule has 3 N–H and O–H groups in total. The summed E-state index contributed by atoms with van der Waals surface area (Å²) in [5.41, 5.74) is 7.90. The van der Waals surface area contributed by atoms with E-state index >= 15 is 0 Å². The van der Waals surface area contributed by atoms with Crippen LogP contribution in [0.5, 0.6) is 0 Å². The standard InChI is InChI=1S/C22H24ClFN4O2S/c1-30-22(29)17-18(12-3-2-4-14(25)7-5-12)27-20(21-26-9-10-31-21)28-19(17)15-8-6-13(24)11-16(15)23/h6,8-12,14,19H,2-5,7,25H2,1H3,(H,27,28). The lowest BCUT2D eigenvalue weighted by molar-refractivity contribution is -0.136. The molecule has 2 aliphatic rings. The van der Waals surface area contributed by atoms with E-state index in [0.29, 0.717) is 22.0 Å². The smallest absolute Gasteiger partial charge is 0.338 e. The molecule has 164 valence electrons. The average molecular weight is 463 g/mol. The lowest BCUT2D eigenvalue weighted by Crippen LogP contribution is -2.37. The van der Waals surface area contributed by atoms with Gasteiger partial charge in [-0.25, -0.2) is 14.2 Å². The van der Waals surface area contributed by atoms with Gasteiger partial charge in [0, 0.05) is 33.9 Å². The van der Waals surface area contributed by atoms with Crippen molar-refractivity contribution in [2.75, 3.05) is 7.11 Å². The molecule has 1 aromatic carbocycles. The third kappa shape index (κ3) is 4.66. The van der Waals surface area contributed by atoms with E-state index in [0.717, 1.165) is 37.8 Å². The number of benzene rings is 1. The van der Waals surface area contributed by atoms with Crippen LogP contribution in [0, 0.1) is 11.7 Å². The van der Waals surface area contributed by atoms with Crippen molar-refractivity contribution in [1.82, 2.24) is 10.3 Å². The second kappa shape index (κ2) is 9.46. The van der Waals surface area contributed by atoms with Crippen LogP contribution in [0.3, 0.4) is 0 Å². The normalized spacial score (nSPS) is 24.3. The molecule has 4 rings (SSSR count). The van der Waals surface area contributed by atoms with E-state index in [9.17, 15) is 9.18 Å².